The zero-order chi connectivity index (χ0) is 13.3. The molecule has 0 unspecified atom stereocenters. The first-order chi connectivity index (χ1) is 7.95. The molecule has 0 rings (SSSR count). The Morgan fingerprint density at radius 1 is 1.24 bits per heavy atom. The topological polar surface area (TPSA) is 69.7 Å². The maximum atomic E-state index is 10.8. The zero-order valence-electron chi connectivity index (χ0n) is 10.0. The lowest BCUT2D eigenvalue weighted by Gasteiger charge is -2.28. The summed E-state index contributed by atoms with van der Waals surface area (Å²) >= 11 is 0. The van der Waals surface area contributed by atoms with Gasteiger partial charge < -0.3 is 14.3 Å². The summed E-state index contributed by atoms with van der Waals surface area (Å²) in [6, 6.07) is 0. The number of carbonyl (C=O) groups is 3. The second kappa shape index (κ2) is 7.44. The average Bonchev–Trinajstić information content (AvgIpc) is 2.24. The number of hydrogen-bond acceptors (Lipinski definition) is 5. The molecule has 0 aromatic carbocycles. The summed E-state index contributed by atoms with van der Waals surface area (Å²) in [7, 11) is 0. The first kappa shape index (κ1) is 15.2. The Morgan fingerprint density at radius 2 is 1.71 bits per heavy atom. The van der Waals surface area contributed by atoms with Crippen molar-refractivity contribution in [2.45, 2.75) is 26.7 Å². The summed E-state index contributed by atoms with van der Waals surface area (Å²) < 4.78 is 9.72. The van der Waals surface area contributed by atoms with E-state index in [-0.39, 0.29) is 26.1 Å². The van der Waals surface area contributed by atoms with Gasteiger partial charge in [0.15, 0.2) is 0 Å². The van der Waals surface area contributed by atoms with E-state index < -0.39 is 17.4 Å². The molecular formula is C12H16O5. The molecule has 5 heteroatoms. The van der Waals surface area contributed by atoms with Gasteiger partial charge in [-0.15, -0.1) is 12.3 Å². The molecule has 0 radical (unpaired) electrons. The lowest BCUT2D eigenvalue weighted by Crippen LogP contribution is -2.34. The van der Waals surface area contributed by atoms with E-state index >= 15 is 0 Å². The molecule has 0 spiro atoms. The maximum Gasteiger partial charge on any atom is 0.302 e. The Kier molecular flexibility index (Phi) is 6.64. The van der Waals surface area contributed by atoms with E-state index in [9.17, 15) is 14.4 Å². The Bertz CT molecular complexity index is 308. The van der Waals surface area contributed by atoms with E-state index in [0.29, 0.717) is 6.29 Å². The third-order valence-electron chi connectivity index (χ3n) is 2.16. The van der Waals surface area contributed by atoms with Crippen LogP contribution in [0.15, 0.2) is 0 Å². The summed E-state index contributed by atoms with van der Waals surface area (Å²) in [6.07, 6.45) is 6.14. The molecule has 5 nitrogen and oxygen atoms in total. The SMILES string of the molecule is C#CCC(CC=O)(COC(C)=O)COC(C)=O. The first-order valence-electron chi connectivity index (χ1n) is 5.09. The smallest absolute Gasteiger partial charge is 0.302 e. The Morgan fingerprint density at radius 3 is 2.00 bits per heavy atom. The lowest BCUT2D eigenvalue weighted by molar-refractivity contribution is -0.152. The number of carbonyl (C=O) groups excluding carboxylic acids is 3. The van der Waals surface area contributed by atoms with Crippen molar-refractivity contribution < 1.29 is 23.9 Å². The third-order valence-corrected chi connectivity index (χ3v) is 2.16. The van der Waals surface area contributed by atoms with Crippen LogP contribution in [0.3, 0.4) is 0 Å². The number of terminal acetylenes is 1. The van der Waals surface area contributed by atoms with Crippen LogP contribution in [0.4, 0.5) is 0 Å². The maximum absolute atomic E-state index is 10.8. The van der Waals surface area contributed by atoms with E-state index in [1.807, 2.05) is 0 Å². The van der Waals surface area contributed by atoms with Crippen LogP contribution < -0.4 is 0 Å². The highest BCUT2D eigenvalue weighted by atomic mass is 16.5. The van der Waals surface area contributed by atoms with Crippen LogP contribution in [0.5, 0.6) is 0 Å². The fourth-order valence-electron chi connectivity index (χ4n) is 1.24. The molecule has 17 heavy (non-hydrogen) atoms. The number of aldehydes is 1. The van der Waals surface area contributed by atoms with Gasteiger partial charge in [-0.3, -0.25) is 9.59 Å². The fraction of sp³-hybridized carbons (Fsp3) is 0.583. The molecule has 0 atom stereocenters. The van der Waals surface area contributed by atoms with Crippen LogP contribution in [-0.4, -0.2) is 31.4 Å². The van der Waals surface area contributed by atoms with Crippen LogP contribution in [-0.2, 0) is 23.9 Å². The molecule has 0 aliphatic heterocycles. The molecule has 0 aromatic heterocycles. The summed E-state index contributed by atoms with van der Waals surface area (Å²) in [5.41, 5.74) is -0.826. The van der Waals surface area contributed by atoms with Crippen LogP contribution in [0.1, 0.15) is 26.7 Å². The number of ether oxygens (including phenoxy) is 2. The second-order valence-electron chi connectivity index (χ2n) is 3.81. The van der Waals surface area contributed by atoms with Crippen LogP contribution >= 0.6 is 0 Å². The molecular weight excluding hydrogens is 224 g/mol. The van der Waals surface area contributed by atoms with Crippen molar-refractivity contribution in [1.82, 2.24) is 0 Å². The van der Waals surface area contributed by atoms with Crippen molar-refractivity contribution >= 4 is 18.2 Å². The van der Waals surface area contributed by atoms with Crippen LogP contribution in [0.2, 0.25) is 0 Å². The quantitative estimate of drug-likeness (QED) is 0.372. The van der Waals surface area contributed by atoms with Gasteiger partial charge >= 0.3 is 11.9 Å². The average molecular weight is 240 g/mol. The molecule has 0 saturated heterocycles. The number of rotatable bonds is 7. The van der Waals surface area contributed by atoms with Gasteiger partial charge in [0.25, 0.3) is 0 Å². The van der Waals surface area contributed by atoms with Crippen molar-refractivity contribution in [2.75, 3.05) is 13.2 Å². The molecule has 0 heterocycles. The summed E-state index contributed by atoms with van der Waals surface area (Å²) in [4.78, 5) is 32.2. The summed E-state index contributed by atoms with van der Waals surface area (Å²) in [6.45, 7) is 2.43. The molecule has 0 fully saturated rings. The molecule has 0 aromatic rings. The minimum absolute atomic E-state index is 0.0431. The van der Waals surface area contributed by atoms with E-state index in [1.165, 1.54) is 13.8 Å². The summed E-state index contributed by atoms with van der Waals surface area (Å²) in [5, 5.41) is 0. The van der Waals surface area contributed by atoms with E-state index in [2.05, 4.69) is 5.92 Å². The second-order valence-corrected chi connectivity index (χ2v) is 3.81. The van der Waals surface area contributed by atoms with Gasteiger partial charge in [0, 0.05) is 26.7 Å². The standard InChI is InChI=1S/C12H16O5/c1-4-5-12(6-7-13,8-16-10(2)14)9-17-11(3)15/h1,7H,5-6,8-9H2,2-3H3. The van der Waals surface area contributed by atoms with E-state index in [4.69, 9.17) is 15.9 Å². The molecule has 0 amide bonds. The van der Waals surface area contributed by atoms with Crippen molar-refractivity contribution in [3.05, 3.63) is 0 Å². The molecule has 0 N–H and O–H groups in total. The van der Waals surface area contributed by atoms with Crippen LogP contribution in [0.25, 0.3) is 0 Å². The molecule has 0 bridgehead atoms. The number of hydrogen-bond donors (Lipinski definition) is 0. The van der Waals surface area contributed by atoms with Gasteiger partial charge in [0.05, 0.1) is 5.41 Å². The summed E-state index contributed by atoms with van der Waals surface area (Å²) in [5.74, 6) is 1.46. The van der Waals surface area contributed by atoms with Crippen molar-refractivity contribution in [3.8, 4) is 12.3 Å². The largest absolute Gasteiger partial charge is 0.465 e. The van der Waals surface area contributed by atoms with Gasteiger partial charge in [-0.2, -0.15) is 0 Å². The minimum atomic E-state index is -0.826. The lowest BCUT2D eigenvalue weighted by atomic mass is 9.83. The van der Waals surface area contributed by atoms with Crippen molar-refractivity contribution in [3.63, 3.8) is 0 Å². The van der Waals surface area contributed by atoms with Gasteiger partial charge in [-0.05, 0) is 0 Å². The Labute approximate surface area is 100 Å². The van der Waals surface area contributed by atoms with E-state index in [1.54, 1.807) is 0 Å². The predicted molar refractivity (Wildman–Crippen MR) is 59.8 cm³/mol. The van der Waals surface area contributed by atoms with Gasteiger partial charge in [0.1, 0.15) is 19.5 Å². The predicted octanol–water partition coefficient (Wildman–Crippen LogP) is 0.711. The van der Waals surface area contributed by atoms with Crippen molar-refractivity contribution in [1.29, 1.82) is 0 Å². The third kappa shape index (κ3) is 6.36. The van der Waals surface area contributed by atoms with E-state index in [0.717, 1.165) is 0 Å². The molecule has 94 valence electrons. The first-order valence-corrected chi connectivity index (χ1v) is 5.09. The normalized spacial score (nSPS) is 10.2. The highest BCUT2D eigenvalue weighted by Gasteiger charge is 2.32. The monoisotopic (exact) mass is 240 g/mol. The van der Waals surface area contributed by atoms with Gasteiger partial charge in [0.2, 0.25) is 0 Å². The minimum Gasteiger partial charge on any atom is -0.465 e. The van der Waals surface area contributed by atoms with Crippen LogP contribution in [0, 0.1) is 17.8 Å². The molecule has 0 aliphatic rings. The van der Waals surface area contributed by atoms with Crippen molar-refractivity contribution in [2.24, 2.45) is 5.41 Å². The Balaban J connectivity index is 4.70. The van der Waals surface area contributed by atoms with Gasteiger partial charge in [-0.25, -0.2) is 0 Å². The van der Waals surface area contributed by atoms with Gasteiger partial charge in [-0.1, -0.05) is 0 Å². The highest BCUT2D eigenvalue weighted by molar-refractivity contribution is 5.66. The fourth-order valence-corrected chi connectivity index (χ4v) is 1.24. The Hall–Kier alpha value is -1.83. The number of esters is 2. The highest BCUT2D eigenvalue weighted by Crippen LogP contribution is 2.26. The zero-order valence-corrected chi connectivity index (χ0v) is 10.0. The molecule has 0 aliphatic carbocycles. The molecule has 0 saturated carbocycles.